The summed E-state index contributed by atoms with van der Waals surface area (Å²) in [7, 11) is 0. The Kier molecular flexibility index (Phi) is 4.34. The number of piperidine rings is 1. The molecule has 0 amide bonds. The molecule has 0 spiro atoms. The summed E-state index contributed by atoms with van der Waals surface area (Å²) < 4.78 is 1.79. The number of fused-ring (bicyclic) bond motifs is 1. The van der Waals surface area contributed by atoms with E-state index in [-0.39, 0.29) is 0 Å². The van der Waals surface area contributed by atoms with E-state index in [9.17, 15) is 0 Å². The minimum Gasteiger partial charge on any atom is -0.367 e. The predicted molar refractivity (Wildman–Crippen MR) is 83.5 cm³/mol. The molecule has 0 aliphatic carbocycles. The van der Waals surface area contributed by atoms with Crippen molar-refractivity contribution >= 4 is 11.6 Å². The highest BCUT2D eigenvalue weighted by molar-refractivity contribution is 5.45. The standard InChI is InChI=1S/C15H24N6/c1-3-4-7-20-8-5-13(6-9-20)19-14-10-12(2)18-15-16-11-17-21(14)15/h10-11,13,19H,3-9H2,1-2H3. The van der Waals surface area contributed by atoms with Crippen molar-refractivity contribution in [1.29, 1.82) is 0 Å². The van der Waals surface area contributed by atoms with Gasteiger partial charge < -0.3 is 10.2 Å². The molecule has 6 nitrogen and oxygen atoms in total. The topological polar surface area (TPSA) is 58.3 Å². The van der Waals surface area contributed by atoms with Gasteiger partial charge in [-0.05, 0) is 32.7 Å². The number of nitrogens with zero attached hydrogens (tertiary/aromatic N) is 5. The molecule has 6 heteroatoms. The van der Waals surface area contributed by atoms with Crippen LogP contribution in [0.15, 0.2) is 12.4 Å². The van der Waals surface area contributed by atoms with E-state index in [1.54, 1.807) is 10.8 Å². The van der Waals surface area contributed by atoms with Crippen molar-refractivity contribution in [2.75, 3.05) is 25.0 Å². The van der Waals surface area contributed by atoms with Gasteiger partial charge in [-0.15, -0.1) is 0 Å². The van der Waals surface area contributed by atoms with Crippen LogP contribution in [0.5, 0.6) is 0 Å². The zero-order valence-corrected chi connectivity index (χ0v) is 12.9. The largest absolute Gasteiger partial charge is 0.367 e. The van der Waals surface area contributed by atoms with Crippen LogP contribution >= 0.6 is 0 Å². The van der Waals surface area contributed by atoms with Gasteiger partial charge in [-0.1, -0.05) is 13.3 Å². The lowest BCUT2D eigenvalue weighted by Gasteiger charge is -2.32. The van der Waals surface area contributed by atoms with Crippen LogP contribution in [0.4, 0.5) is 5.82 Å². The summed E-state index contributed by atoms with van der Waals surface area (Å²) in [6, 6.07) is 2.56. The van der Waals surface area contributed by atoms with Crippen LogP contribution in [0.3, 0.4) is 0 Å². The third-order valence-electron chi connectivity index (χ3n) is 4.15. The molecule has 0 bridgehead atoms. The number of likely N-dealkylation sites (tertiary alicyclic amines) is 1. The van der Waals surface area contributed by atoms with Crippen molar-refractivity contribution < 1.29 is 0 Å². The predicted octanol–water partition coefficient (Wildman–Crippen LogP) is 2.11. The fourth-order valence-corrected chi connectivity index (χ4v) is 2.93. The van der Waals surface area contributed by atoms with E-state index >= 15 is 0 Å². The lowest BCUT2D eigenvalue weighted by atomic mass is 10.0. The second-order valence-corrected chi connectivity index (χ2v) is 5.87. The van der Waals surface area contributed by atoms with Crippen LogP contribution in [-0.4, -0.2) is 50.2 Å². The van der Waals surface area contributed by atoms with Gasteiger partial charge in [-0.25, -0.2) is 4.98 Å². The van der Waals surface area contributed by atoms with Gasteiger partial charge in [0.25, 0.3) is 5.78 Å². The maximum atomic E-state index is 4.38. The molecule has 0 aromatic carbocycles. The first kappa shape index (κ1) is 14.3. The van der Waals surface area contributed by atoms with Crippen LogP contribution in [0.25, 0.3) is 5.78 Å². The van der Waals surface area contributed by atoms with Gasteiger partial charge in [0.1, 0.15) is 12.1 Å². The second kappa shape index (κ2) is 6.39. The zero-order valence-electron chi connectivity index (χ0n) is 12.9. The van der Waals surface area contributed by atoms with Gasteiger partial charge in [0.2, 0.25) is 0 Å². The average Bonchev–Trinajstić information content (AvgIpc) is 2.95. The van der Waals surface area contributed by atoms with Crippen molar-refractivity contribution in [3.8, 4) is 0 Å². The molecule has 0 radical (unpaired) electrons. The van der Waals surface area contributed by atoms with E-state index in [1.807, 2.05) is 13.0 Å². The van der Waals surface area contributed by atoms with E-state index in [2.05, 4.69) is 32.2 Å². The third kappa shape index (κ3) is 3.32. The van der Waals surface area contributed by atoms with E-state index in [4.69, 9.17) is 0 Å². The Bertz CT molecular complexity index is 585. The number of unbranched alkanes of at least 4 members (excludes halogenated alkanes) is 1. The van der Waals surface area contributed by atoms with Crippen molar-refractivity contribution in [2.24, 2.45) is 0 Å². The number of aryl methyl sites for hydroxylation is 1. The molecule has 2 aromatic rings. The Morgan fingerprint density at radius 2 is 2.14 bits per heavy atom. The molecule has 2 aromatic heterocycles. The lowest BCUT2D eigenvalue weighted by molar-refractivity contribution is 0.216. The zero-order chi connectivity index (χ0) is 14.7. The van der Waals surface area contributed by atoms with E-state index in [1.165, 1.54) is 45.3 Å². The molecular formula is C15H24N6. The first-order chi connectivity index (χ1) is 10.3. The number of hydrogen-bond donors (Lipinski definition) is 1. The smallest absolute Gasteiger partial charge is 0.254 e. The molecule has 0 saturated carbocycles. The quantitative estimate of drug-likeness (QED) is 0.913. The Labute approximate surface area is 125 Å². The number of anilines is 1. The van der Waals surface area contributed by atoms with Crippen LogP contribution in [0, 0.1) is 6.92 Å². The first-order valence-corrected chi connectivity index (χ1v) is 7.92. The van der Waals surface area contributed by atoms with E-state index in [0.717, 1.165) is 11.5 Å². The van der Waals surface area contributed by atoms with Gasteiger partial charge in [0.05, 0.1) is 0 Å². The maximum Gasteiger partial charge on any atom is 0.254 e. The number of nitrogens with one attached hydrogen (secondary N) is 1. The normalized spacial score (nSPS) is 17.4. The molecule has 1 N–H and O–H groups in total. The van der Waals surface area contributed by atoms with Gasteiger partial charge in [-0.2, -0.15) is 14.6 Å². The van der Waals surface area contributed by atoms with E-state index < -0.39 is 0 Å². The fraction of sp³-hybridized carbons (Fsp3) is 0.667. The highest BCUT2D eigenvalue weighted by Gasteiger charge is 2.19. The Morgan fingerprint density at radius 3 is 2.90 bits per heavy atom. The molecule has 0 atom stereocenters. The average molecular weight is 288 g/mol. The molecule has 1 aliphatic heterocycles. The summed E-state index contributed by atoms with van der Waals surface area (Å²) >= 11 is 0. The van der Waals surface area contributed by atoms with Gasteiger partial charge in [0, 0.05) is 30.9 Å². The monoisotopic (exact) mass is 288 g/mol. The van der Waals surface area contributed by atoms with Crippen LogP contribution in [-0.2, 0) is 0 Å². The maximum absolute atomic E-state index is 4.38. The number of rotatable bonds is 5. The fourth-order valence-electron chi connectivity index (χ4n) is 2.93. The van der Waals surface area contributed by atoms with Gasteiger partial charge in [-0.3, -0.25) is 0 Å². The number of aromatic nitrogens is 4. The summed E-state index contributed by atoms with van der Waals surface area (Å²) in [6.45, 7) is 7.85. The first-order valence-electron chi connectivity index (χ1n) is 7.92. The SMILES string of the molecule is CCCCN1CCC(Nc2cc(C)nc3ncnn23)CC1. The van der Waals surface area contributed by atoms with Crippen molar-refractivity contribution in [2.45, 2.75) is 45.6 Å². The molecule has 114 valence electrons. The molecule has 0 unspecified atom stereocenters. The summed E-state index contributed by atoms with van der Waals surface area (Å²) in [5.41, 5.74) is 0.971. The molecule has 3 heterocycles. The lowest BCUT2D eigenvalue weighted by Crippen LogP contribution is -2.39. The second-order valence-electron chi connectivity index (χ2n) is 5.87. The highest BCUT2D eigenvalue weighted by atomic mass is 15.4. The van der Waals surface area contributed by atoms with Crippen LogP contribution < -0.4 is 5.32 Å². The minimum atomic E-state index is 0.511. The van der Waals surface area contributed by atoms with Crippen molar-refractivity contribution in [3.63, 3.8) is 0 Å². The Hall–Kier alpha value is -1.69. The summed E-state index contributed by atoms with van der Waals surface area (Å²) in [4.78, 5) is 11.1. The molecule has 1 fully saturated rings. The van der Waals surface area contributed by atoms with Crippen LogP contribution in [0.1, 0.15) is 38.3 Å². The number of hydrogen-bond acceptors (Lipinski definition) is 5. The third-order valence-corrected chi connectivity index (χ3v) is 4.15. The summed E-state index contributed by atoms with van der Waals surface area (Å²) in [5.74, 6) is 1.67. The summed E-state index contributed by atoms with van der Waals surface area (Å²) in [5, 5.41) is 7.87. The van der Waals surface area contributed by atoms with Gasteiger partial charge >= 0.3 is 0 Å². The molecule has 1 saturated heterocycles. The van der Waals surface area contributed by atoms with Crippen molar-refractivity contribution in [3.05, 3.63) is 18.1 Å². The molecule has 1 aliphatic rings. The summed E-state index contributed by atoms with van der Waals surface area (Å²) in [6.07, 6.45) is 6.50. The Morgan fingerprint density at radius 1 is 1.33 bits per heavy atom. The molecule has 3 rings (SSSR count). The molecular weight excluding hydrogens is 264 g/mol. The van der Waals surface area contributed by atoms with Crippen molar-refractivity contribution in [1.82, 2.24) is 24.5 Å². The van der Waals surface area contributed by atoms with Gasteiger partial charge in [0.15, 0.2) is 0 Å². The van der Waals surface area contributed by atoms with Crippen LogP contribution in [0.2, 0.25) is 0 Å². The molecule has 21 heavy (non-hydrogen) atoms. The minimum absolute atomic E-state index is 0.511. The highest BCUT2D eigenvalue weighted by Crippen LogP contribution is 2.17. The van der Waals surface area contributed by atoms with E-state index in [0.29, 0.717) is 11.8 Å². The Balaban J connectivity index is 1.63.